The van der Waals surface area contributed by atoms with Crippen molar-refractivity contribution in [2.75, 3.05) is 17.3 Å². The number of aromatic nitrogens is 3. The first kappa shape index (κ1) is 18.8. The molecule has 26 heavy (non-hydrogen) atoms. The van der Waals surface area contributed by atoms with Crippen LogP contribution in [-0.2, 0) is 11.8 Å². The molecule has 1 aromatic heterocycles. The van der Waals surface area contributed by atoms with Gasteiger partial charge in [0.1, 0.15) is 0 Å². The molecule has 1 heterocycles. The summed E-state index contributed by atoms with van der Waals surface area (Å²) in [5.41, 5.74) is 1.72. The largest absolute Gasteiger partial charge is 0.325 e. The molecule has 0 aliphatic carbocycles. The maximum absolute atomic E-state index is 12.2. The zero-order valence-corrected chi connectivity index (χ0v) is 16.7. The van der Waals surface area contributed by atoms with Crippen molar-refractivity contribution in [2.24, 2.45) is 7.05 Å². The number of nitrogens with zero attached hydrogens (tertiary/aromatic N) is 3. The Morgan fingerprint density at radius 2 is 1.96 bits per heavy atom. The number of amides is 1. The summed E-state index contributed by atoms with van der Waals surface area (Å²) in [5.74, 6) is 0.914. The van der Waals surface area contributed by atoms with Gasteiger partial charge in [0.25, 0.3) is 0 Å². The van der Waals surface area contributed by atoms with Gasteiger partial charge in [-0.2, -0.15) is 0 Å². The fraction of sp³-hybridized carbons (Fsp3) is 0.167. The number of hydrogen-bond donors (Lipinski definition) is 1. The van der Waals surface area contributed by atoms with E-state index in [-0.39, 0.29) is 11.7 Å². The molecule has 0 unspecified atom stereocenters. The predicted octanol–water partition coefficient (Wildman–Crippen LogP) is 4.59. The van der Waals surface area contributed by atoms with Crippen molar-refractivity contribution >= 4 is 46.7 Å². The predicted molar refractivity (Wildman–Crippen MR) is 109 cm³/mol. The normalized spacial score (nSPS) is 10.7. The SMILES string of the molecule is CSc1cccc(NC(=O)CSc2nnc(-c3ccc(Cl)cc3)n2C)c1. The molecule has 0 aliphatic heterocycles. The number of rotatable bonds is 6. The molecule has 0 saturated carbocycles. The number of carbonyl (C=O) groups excluding carboxylic acids is 1. The van der Waals surface area contributed by atoms with Gasteiger partial charge in [-0.25, -0.2) is 0 Å². The van der Waals surface area contributed by atoms with Crippen LogP contribution in [-0.4, -0.2) is 32.7 Å². The van der Waals surface area contributed by atoms with Gasteiger partial charge < -0.3 is 9.88 Å². The summed E-state index contributed by atoms with van der Waals surface area (Å²) in [7, 11) is 1.88. The fourth-order valence-electron chi connectivity index (χ4n) is 2.32. The van der Waals surface area contributed by atoms with Gasteiger partial charge in [-0.05, 0) is 48.7 Å². The maximum Gasteiger partial charge on any atom is 0.234 e. The zero-order valence-electron chi connectivity index (χ0n) is 14.3. The van der Waals surface area contributed by atoms with Gasteiger partial charge in [-0.15, -0.1) is 22.0 Å². The second kappa shape index (κ2) is 8.62. The minimum atomic E-state index is -0.0794. The van der Waals surface area contributed by atoms with Crippen molar-refractivity contribution in [2.45, 2.75) is 10.1 Å². The molecule has 0 spiro atoms. The van der Waals surface area contributed by atoms with E-state index in [0.29, 0.717) is 10.2 Å². The molecule has 5 nitrogen and oxygen atoms in total. The van der Waals surface area contributed by atoms with Crippen LogP contribution in [0.4, 0.5) is 5.69 Å². The van der Waals surface area contributed by atoms with Crippen molar-refractivity contribution in [3.63, 3.8) is 0 Å². The number of anilines is 1. The van der Waals surface area contributed by atoms with Crippen LogP contribution in [0.3, 0.4) is 0 Å². The Bertz CT molecular complexity index is 912. The van der Waals surface area contributed by atoms with Crippen LogP contribution in [0.1, 0.15) is 0 Å². The lowest BCUT2D eigenvalue weighted by molar-refractivity contribution is -0.113. The standard InChI is InChI=1S/C18H17ClN4OS2/c1-23-17(12-6-8-13(19)9-7-12)21-22-18(23)26-11-16(24)20-14-4-3-5-15(10-14)25-2/h3-10H,11H2,1-2H3,(H,20,24). The van der Waals surface area contributed by atoms with Gasteiger partial charge in [0.2, 0.25) is 5.91 Å². The number of carbonyl (C=O) groups is 1. The van der Waals surface area contributed by atoms with Gasteiger partial charge in [0.05, 0.1) is 5.75 Å². The van der Waals surface area contributed by atoms with Gasteiger partial charge >= 0.3 is 0 Å². The lowest BCUT2D eigenvalue weighted by Gasteiger charge is -2.07. The smallest absolute Gasteiger partial charge is 0.234 e. The molecule has 0 atom stereocenters. The summed E-state index contributed by atoms with van der Waals surface area (Å²) in [4.78, 5) is 13.3. The van der Waals surface area contributed by atoms with E-state index in [9.17, 15) is 4.79 Å². The Kier molecular flexibility index (Phi) is 6.24. The second-order valence-corrected chi connectivity index (χ2v) is 7.70. The van der Waals surface area contributed by atoms with E-state index in [2.05, 4.69) is 15.5 Å². The first-order valence-electron chi connectivity index (χ1n) is 7.79. The van der Waals surface area contributed by atoms with E-state index in [0.717, 1.165) is 22.0 Å². The summed E-state index contributed by atoms with van der Waals surface area (Å²) in [5, 5.41) is 12.7. The van der Waals surface area contributed by atoms with Crippen molar-refractivity contribution in [1.29, 1.82) is 0 Å². The van der Waals surface area contributed by atoms with Crippen LogP contribution in [0.2, 0.25) is 5.02 Å². The monoisotopic (exact) mass is 404 g/mol. The Morgan fingerprint density at radius 1 is 1.19 bits per heavy atom. The molecular weight excluding hydrogens is 388 g/mol. The lowest BCUT2D eigenvalue weighted by Crippen LogP contribution is -2.14. The summed E-state index contributed by atoms with van der Waals surface area (Å²) in [6, 6.07) is 15.2. The van der Waals surface area contributed by atoms with Gasteiger partial charge in [0.15, 0.2) is 11.0 Å². The van der Waals surface area contributed by atoms with Crippen LogP contribution >= 0.6 is 35.1 Å². The highest BCUT2D eigenvalue weighted by Gasteiger charge is 2.13. The number of benzene rings is 2. The van der Waals surface area contributed by atoms with E-state index in [4.69, 9.17) is 11.6 Å². The van der Waals surface area contributed by atoms with Crippen LogP contribution in [0.25, 0.3) is 11.4 Å². The molecule has 3 rings (SSSR count). The Labute approximate surface area is 165 Å². The molecule has 1 amide bonds. The molecule has 0 bridgehead atoms. The average molecular weight is 405 g/mol. The van der Waals surface area contributed by atoms with Crippen LogP contribution in [0.15, 0.2) is 58.6 Å². The minimum Gasteiger partial charge on any atom is -0.325 e. The summed E-state index contributed by atoms with van der Waals surface area (Å²) in [6.45, 7) is 0. The zero-order chi connectivity index (χ0) is 18.5. The first-order chi connectivity index (χ1) is 12.6. The van der Waals surface area contributed by atoms with Crippen LogP contribution < -0.4 is 5.32 Å². The third-order valence-corrected chi connectivity index (χ3v) is 5.62. The minimum absolute atomic E-state index is 0.0794. The maximum atomic E-state index is 12.2. The molecule has 8 heteroatoms. The Balaban J connectivity index is 1.62. The van der Waals surface area contributed by atoms with E-state index in [1.165, 1.54) is 11.8 Å². The highest BCUT2D eigenvalue weighted by atomic mass is 35.5. The molecule has 134 valence electrons. The molecule has 0 radical (unpaired) electrons. The van der Waals surface area contributed by atoms with E-state index < -0.39 is 0 Å². The Hall–Kier alpha value is -1.96. The summed E-state index contributed by atoms with van der Waals surface area (Å²) >= 11 is 8.91. The third kappa shape index (κ3) is 4.60. The molecule has 2 aromatic carbocycles. The Morgan fingerprint density at radius 3 is 2.69 bits per heavy atom. The molecule has 0 aliphatic rings. The molecule has 0 fully saturated rings. The van der Waals surface area contributed by atoms with E-state index >= 15 is 0 Å². The van der Waals surface area contributed by atoms with Crippen LogP contribution in [0, 0.1) is 0 Å². The van der Waals surface area contributed by atoms with Crippen molar-refractivity contribution in [3.8, 4) is 11.4 Å². The third-order valence-electron chi connectivity index (χ3n) is 3.62. The van der Waals surface area contributed by atoms with Gasteiger partial charge in [-0.1, -0.05) is 29.4 Å². The highest BCUT2D eigenvalue weighted by molar-refractivity contribution is 7.99. The quantitative estimate of drug-likeness (QED) is 0.609. The lowest BCUT2D eigenvalue weighted by atomic mass is 10.2. The van der Waals surface area contributed by atoms with Crippen molar-refractivity contribution in [1.82, 2.24) is 14.8 Å². The van der Waals surface area contributed by atoms with Crippen LogP contribution in [0.5, 0.6) is 0 Å². The van der Waals surface area contributed by atoms with Gasteiger partial charge in [0, 0.05) is 28.2 Å². The van der Waals surface area contributed by atoms with Crippen molar-refractivity contribution in [3.05, 3.63) is 53.6 Å². The van der Waals surface area contributed by atoms with Gasteiger partial charge in [-0.3, -0.25) is 4.79 Å². The fourth-order valence-corrected chi connectivity index (χ4v) is 3.62. The summed E-state index contributed by atoms with van der Waals surface area (Å²) < 4.78 is 1.87. The summed E-state index contributed by atoms with van der Waals surface area (Å²) in [6.07, 6.45) is 2.00. The van der Waals surface area contributed by atoms with Crippen molar-refractivity contribution < 1.29 is 4.79 Å². The molecule has 3 aromatic rings. The number of nitrogens with one attached hydrogen (secondary N) is 1. The van der Waals surface area contributed by atoms with E-state index in [1.807, 2.05) is 66.4 Å². The molecule has 1 N–H and O–H groups in total. The first-order valence-corrected chi connectivity index (χ1v) is 10.4. The topological polar surface area (TPSA) is 59.8 Å². The highest BCUT2D eigenvalue weighted by Crippen LogP contribution is 2.24. The number of hydrogen-bond acceptors (Lipinski definition) is 5. The van der Waals surface area contributed by atoms with E-state index in [1.54, 1.807) is 11.8 Å². The molecular formula is C18H17ClN4OS2. The number of thioether (sulfide) groups is 2. The number of halogens is 1. The average Bonchev–Trinajstić information content (AvgIpc) is 3.01. The molecule has 0 saturated heterocycles. The second-order valence-electron chi connectivity index (χ2n) is 5.44.